The molecule has 1 heterocycles. The fourth-order valence-corrected chi connectivity index (χ4v) is 1.50. The van der Waals surface area contributed by atoms with Gasteiger partial charge >= 0.3 is 0 Å². The first kappa shape index (κ1) is 4.38. The SMILES string of the molecule is C1=CSCSC=1. The first-order valence-electron chi connectivity index (χ1n) is 1.63. The molecular formula is C4H4S2. The topological polar surface area (TPSA) is 0 Å². The third-order valence-corrected chi connectivity index (χ3v) is 2.13. The third kappa shape index (κ3) is 1.13. The van der Waals surface area contributed by atoms with Gasteiger partial charge in [0.2, 0.25) is 0 Å². The average Bonchev–Trinajstić information content (AvgIpc) is 1.72. The van der Waals surface area contributed by atoms with E-state index >= 15 is 0 Å². The molecule has 2 heteroatoms. The Morgan fingerprint density at radius 1 is 1.33 bits per heavy atom. The molecule has 1 aliphatic rings. The standard InChI is InChI=1S/C4H4S2/c1-2-5-4-6-3-1/h2-3H,4H2. The van der Waals surface area contributed by atoms with Crippen molar-refractivity contribution in [2.24, 2.45) is 0 Å². The zero-order valence-electron chi connectivity index (χ0n) is 3.18. The van der Waals surface area contributed by atoms with Gasteiger partial charge in [0.25, 0.3) is 0 Å². The fraction of sp³-hybridized carbons (Fsp3) is 0.250. The Morgan fingerprint density at radius 2 is 2.00 bits per heavy atom. The predicted molar refractivity (Wildman–Crippen MR) is 32.7 cm³/mol. The Balaban J connectivity index is 2.53. The van der Waals surface area contributed by atoms with Crippen LogP contribution in [0.25, 0.3) is 0 Å². The molecule has 0 nitrogen and oxygen atoms in total. The molecule has 0 saturated carbocycles. The highest BCUT2D eigenvalue weighted by Crippen LogP contribution is 2.16. The Hall–Kier alpha value is 0.220. The Kier molecular flexibility index (Phi) is 1.75. The molecule has 0 unspecified atom stereocenters. The second-order valence-electron chi connectivity index (χ2n) is 0.854. The van der Waals surface area contributed by atoms with Gasteiger partial charge in [0.05, 0.1) is 0 Å². The van der Waals surface area contributed by atoms with Crippen LogP contribution in [0, 0.1) is 0 Å². The van der Waals surface area contributed by atoms with E-state index in [2.05, 4.69) is 5.73 Å². The highest BCUT2D eigenvalue weighted by atomic mass is 32.2. The molecule has 0 aliphatic carbocycles. The normalized spacial score (nSPS) is 18.7. The van der Waals surface area contributed by atoms with Crippen molar-refractivity contribution < 1.29 is 0 Å². The third-order valence-electron chi connectivity index (χ3n) is 0.439. The van der Waals surface area contributed by atoms with Gasteiger partial charge in [0, 0.05) is 15.9 Å². The quantitative estimate of drug-likeness (QED) is 0.444. The van der Waals surface area contributed by atoms with Crippen molar-refractivity contribution in [2.45, 2.75) is 0 Å². The summed E-state index contributed by atoms with van der Waals surface area (Å²) in [6.45, 7) is 0. The van der Waals surface area contributed by atoms with Gasteiger partial charge < -0.3 is 0 Å². The lowest BCUT2D eigenvalue weighted by molar-refractivity contribution is 2.20. The minimum absolute atomic E-state index is 1.16. The van der Waals surface area contributed by atoms with Crippen LogP contribution in [0.5, 0.6) is 0 Å². The second kappa shape index (κ2) is 2.40. The lowest BCUT2D eigenvalue weighted by Crippen LogP contribution is -1.61. The Labute approximate surface area is 45.7 Å². The van der Waals surface area contributed by atoms with Crippen LogP contribution in [0.2, 0.25) is 0 Å². The molecule has 0 bridgehead atoms. The smallest absolute Gasteiger partial charge is 0.0487 e. The molecule has 0 aromatic carbocycles. The molecule has 0 N–H and O–H groups in total. The minimum Gasteiger partial charge on any atom is -0.114 e. The maximum absolute atomic E-state index is 2.96. The first-order valence-corrected chi connectivity index (χ1v) is 3.72. The molecule has 32 valence electrons. The molecule has 6 heavy (non-hydrogen) atoms. The van der Waals surface area contributed by atoms with E-state index in [0.717, 1.165) is 5.08 Å². The molecule has 1 aliphatic heterocycles. The monoisotopic (exact) mass is 116 g/mol. The summed E-state index contributed by atoms with van der Waals surface area (Å²) >= 11 is 3.58. The molecule has 1 rings (SSSR count). The molecular weight excluding hydrogens is 112 g/mol. The van der Waals surface area contributed by atoms with Crippen molar-refractivity contribution in [3.05, 3.63) is 16.5 Å². The van der Waals surface area contributed by atoms with Gasteiger partial charge in [-0.2, -0.15) is 0 Å². The van der Waals surface area contributed by atoms with Crippen molar-refractivity contribution in [3.8, 4) is 0 Å². The van der Waals surface area contributed by atoms with E-state index < -0.39 is 0 Å². The van der Waals surface area contributed by atoms with Gasteiger partial charge in [0.1, 0.15) is 0 Å². The van der Waals surface area contributed by atoms with Gasteiger partial charge in [-0.05, 0) is 0 Å². The van der Waals surface area contributed by atoms with Crippen molar-refractivity contribution in [3.63, 3.8) is 0 Å². The summed E-state index contributed by atoms with van der Waals surface area (Å²) in [5.41, 5.74) is 2.96. The molecule has 0 atom stereocenters. The minimum atomic E-state index is 1.16. The van der Waals surface area contributed by atoms with E-state index in [9.17, 15) is 0 Å². The number of rotatable bonds is 0. The maximum Gasteiger partial charge on any atom is 0.0487 e. The van der Waals surface area contributed by atoms with E-state index in [1.807, 2.05) is 10.8 Å². The van der Waals surface area contributed by atoms with Crippen molar-refractivity contribution in [2.75, 3.05) is 5.08 Å². The lowest BCUT2D eigenvalue weighted by atomic mass is 11.0. The molecule has 0 fully saturated rings. The van der Waals surface area contributed by atoms with E-state index in [1.165, 1.54) is 0 Å². The number of hydrogen-bond acceptors (Lipinski definition) is 2. The summed E-state index contributed by atoms with van der Waals surface area (Å²) in [7, 11) is 0. The van der Waals surface area contributed by atoms with Crippen LogP contribution in [0.4, 0.5) is 0 Å². The van der Waals surface area contributed by atoms with Crippen molar-refractivity contribution in [1.82, 2.24) is 0 Å². The van der Waals surface area contributed by atoms with Crippen LogP contribution >= 0.6 is 23.5 Å². The summed E-state index contributed by atoms with van der Waals surface area (Å²) in [5, 5.41) is 5.12. The highest BCUT2D eigenvalue weighted by Gasteiger charge is 1.81. The van der Waals surface area contributed by atoms with E-state index in [-0.39, 0.29) is 0 Å². The summed E-state index contributed by atoms with van der Waals surface area (Å²) in [5.74, 6) is 0. The summed E-state index contributed by atoms with van der Waals surface area (Å²) in [6.07, 6.45) is 0. The molecule has 0 spiro atoms. The summed E-state index contributed by atoms with van der Waals surface area (Å²) in [4.78, 5) is 0. The van der Waals surface area contributed by atoms with Gasteiger partial charge in [-0.15, -0.1) is 29.3 Å². The van der Waals surface area contributed by atoms with Crippen LogP contribution in [0.15, 0.2) is 16.5 Å². The number of hydrogen-bond donors (Lipinski definition) is 0. The molecule has 0 radical (unpaired) electrons. The van der Waals surface area contributed by atoms with Crippen molar-refractivity contribution in [1.29, 1.82) is 0 Å². The van der Waals surface area contributed by atoms with Crippen LogP contribution in [0.3, 0.4) is 0 Å². The van der Waals surface area contributed by atoms with E-state index in [0.29, 0.717) is 0 Å². The largest absolute Gasteiger partial charge is 0.114 e. The van der Waals surface area contributed by atoms with Gasteiger partial charge in [0.15, 0.2) is 0 Å². The van der Waals surface area contributed by atoms with E-state index in [1.54, 1.807) is 23.5 Å². The number of thioether (sulfide) groups is 2. The molecule has 0 aromatic rings. The van der Waals surface area contributed by atoms with Gasteiger partial charge in [-0.1, -0.05) is 0 Å². The average molecular weight is 116 g/mol. The summed E-state index contributed by atoms with van der Waals surface area (Å²) in [6, 6.07) is 0. The van der Waals surface area contributed by atoms with Crippen LogP contribution in [-0.4, -0.2) is 5.08 Å². The van der Waals surface area contributed by atoms with Crippen LogP contribution in [-0.2, 0) is 0 Å². The maximum atomic E-state index is 2.96. The first-order chi connectivity index (χ1) is 3.00. The van der Waals surface area contributed by atoms with Crippen LogP contribution in [0.1, 0.15) is 0 Å². The Morgan fingerprint density at radius 3 is 2.17 bits per heavy atom. The lowest BCUT2D eigenvalue weighted by Gasteiger charge is -1.89. The predicted octanol–water partition coefficient (Wildman–Crippen LogP) is 2.05. The van der Waals surface area contributed by atoms with Gasteiger partial charge in [-0.3, -0.25) is 0 Å². The van der Waals surface area contributed by atoms with Crippen molar-refractivity contribution >= 4 is 23.5 Å². The Bertz CT molecular complexity index is 81.7. The molecule has 0 aromatic heterocycles. The highest BCUT2D eigenvalue weighted by molar-refractivity contribution is 8.19. The van der Waals surface area contributed by atoms with E-state index in [4.69, 9.17) is 0 Å². The molecule has 0 saturated heterocycles. The zero-order valence-corrected chi connectivity index (χ0v) is 4.81. The summed E-state index contributed by atoms with van der Waals surface area (Å²) < 4.78 is 0. The second-order valence-corrected chi connectivity index (χ2v) is 2.93. The van der Waals surface area contributed by atoms with Crippen LogP contribution < -0.4 is 0 Å². The van der Waals surface area contributed by atoms with Gasteiger partial charge in [-0.25, -0.2) is 0 Å². The fourth-order valence-electron chi connectivity index (χ4n) is 0.231. The molecule has 0 amide bonds. The zero-order chi connectivity index (χ0) is 4.24.